The first kappa shape index (κ1) is 9.70. The van der Waals surface area contributed by atoms with Gasteiger partial charge in [0.15, 0.2) is 0 Å². The molecule has 0 atom stereocenters. The van der Waals surface area contributed by atoms with E-state index in [-0.39, 0.29) is 17.4 Å². The molecule has 0 unspecified atom stereocenters. The highest BCUT2D eigenvalue weighted by molar-refractivity contribution is 5.37. The zero-order valence-corrected chi connectivity index (χ0v) is 8.90. The number of aryl methyl sites for hydroxylation is 1. The van der Waals surface area contributed by atoms with Crippen LogP contribution in [0.2, 0.25) is 0 Å². The van der Waals surface area contributed by atoms with Gasteiger partial charge in [0.05, 0.1) is 5.69 Å². The highest BCUT2D eigenvalue weighted by atomic mass is 16.1. The van der Waals surface area contributed by atoms with Crippen LogP contribution in [-0.2, 0) is 0 Å². The molecule has 6 nitrogen and oxygen atoms in total. The molecule has 0 spiro atoms. The summed E-state index contributed by atoms with van der Waals surface area (Å²) in [5.41, 5.74) is 6.74. The van der Waals surface area contributed by atoms with E-state index in [1.165, 1.54) is 4.52 Å². The molecular formula is C9H13N5O. The largest absolute Gasteiger partial charge is 0.368 e. The van der Waals surface area contributed by atoms with Crippen LogP contribution in [0, 0.1) is 6.92 Å². The van der Waals surface area contributed by atoms with Gasteiger partial charge in [-0.25, -0.2) is 4.98 Å². The fourth-order valence-electron chi connectivity index (χ4n) is 1.71. The van der Waals surface area contributed by atoms with Gasteiger partial charge in [-0.05, 0) is 12.8 Å². The van der Waals surface area contributed by atoms with Gasteiger partial charge >= 0.3 is 0 Å². The van der Waals surface area contributed by atoms with E-state index in [4.69, 9.17) is 5.73 Å². The Bertz CT molecular complexity index is 566. The number of aromatic nitrogens is 4. The van der Waals surface area contributed by atoms with Crippen molar-refractivity contribution in [1.29, 1.82) is 0 Å². The Hall–Kier alpha value is -1.85. The molecule has 80 valence electrons. The standard InChI is InChI=1S/C9H13N5O/c1-4(2)6-5(3)11-9-12-8(10)13-14(9)7(6)15/h4H,1-3H3,(H3,10,11,12,13). The predicted octanol–water partition coefficient (Wildman–Crippen LogP) is 0.432. The van der Waals surface area contributed by atoms with Gasteiger partial charge in [-0.3, -0.25) is 9.89 Å². The second kappa shape index (κ2) is 3.08. The molecular weight excluding hydrogens is 194 g/mol. The zero-order valence-electron chi connectivity index (χ0n) is 8.90. The summed E-state index contributed by atoms with van der Waals surface area (Å²) in [7, 11) is 0. The van der Waals surface area contributed by atoms with Gasteiger partial charge < -0.3 is 5.73 Å². The molecule has 0 aliphatic heterocycles. The van der Waals surface area contributed by atoms with Gasteiger partial charge in [0.2, 0.25) is 5.95 Å². The van der Waals surface area contributed by atoms with Crippen LogP contribution < -0.4 is 11.3 Å². The quantitative estimate of drug-likeness (QED) is 0.709. The molecule has 2 aromatic rings. The summed E-state index contributed by atoms with van der Waals surface area (Å²) in [5.74, 6) is 0.644. The van der Waals surface area contributed by atoms with E-state index in [0.29, 0.717) is 17.0 Å². The first-order chi connectivity index (χ1) is 7.00. The maximum absolute atomic E-state index is 12.0. The van der Waals surface area contributed by atoms with E-state index in [2.05, 4.69) is 15.1 Å². The summed E-state index contributed by atoms with van der Waals surface area (Å²) in [6, 6.07) is 0. The number of H-pyrrole nitrogens is 1. The second-order valence-corrected chi connectivity index (χ2v) is 3.81. The number of hydrogen-bond acceptors (Lipinski definition) is 4. The van der Waals surface area contributed by atoms with Crippen LogP contribution in [0.4, 0.5) is 5.95 Å². The number of nitrogens with zero attached hydrogens (tertiary/aromatic N) is 3. The summed E-state index contributed by atoms with van der Waals surface area (Å²) in [6.45, 7) is 5.72. The third-order valence-electron chi connectivity index (χ3n) is 2.32. The number of aromatic amines is 1. The maximum atomic E-state index is 12.0. The van der Waals surface area contributed by atoms with E-state index in [0.717, 1.165) is 0 Å². The Morgan fingerprint density at radius 3 is 2.67 bits per heavy atom. The van der Waals surface area contributed by atoms with Crippen LogP contribution in [-0.4, -0.2) is 19.6 Å². The van der Waals surface area contributed by atoms with Gasteiger partial charge in [0, 0.05) is 5.56 Å². The number of anilines is 1. The molecule has 0 bridgehead atoms. The number of fused-ring (bicyclic) bond motifs is 1. The van der Waals surface area contributed by atoms with E-state index in [9.17, 15) is 4.79 Å². The molecule has 15 heavy (non-hydrogen) atoms. The molecule has 0 saturated carbocycles. The second-order valence-electron chi connectivity index (χ2n) is 3.81. The Balaban J connectivity index is 2.89. The lowest BCUT2D eigenvalue weighted by Crippen LogP contribution is -2.22. The Kier molecular flexibility index (Phi) is 1.99. The smallest absolute Gasteiger partial charge is 0.277 e. The van der Waals surface area contributed by atoms with E-state index < -0.39 is 0 Å². The van der Waals surface area contributed by atoms with Crippen molar-refractivity contribution in [3.63, 3.8) is 0 Å². The van der Waals surface area contributed by atoms with Crippen LogP contribution in [0.3, 0.4) is 0 Å². The van der Waals surface area contributed by atoms with Crippen LogP contribution >= 0.6 is 0 Å². The molecule has 2 aromatic heterocycles. The molecule has 2 rings (SSSR count). The molecule has 6 heteroatoms. The van der Waals surface area contributed by atoms with Gasteiger partial charge in [-0.1, -0.05) is 13.8 Å². The van der Waals surface area contributed by atoms with Crippen LogP contribution in [0.1, 0.15) is 31.0 Å². The lowest BCUT2D eigenvalue weighted by molar-refractivity contribution is 0.780. The van der Waals surface area contributed by atoms with Gasteiger partial charge in [0.25, 0.3) is 11.3 Å². The van der Waals surface area contributed by atoms with Crippen molar-refractivity contribution in [2.24, 2.45) is 0 Å². The summed E-state index contributed by atoms with van der Waals surface area (Å²) in [4.78, 5) is 20.1. The summed E-state index contributed by atoms with van der Waals surface area (Å²) in [5, 5.41) is 2.66. The van der Waals surface area contributed by atoms with Gasteiger partial charge in [0.1, 0.15) is 0 Å². The van der Waals surface area contributed by atoms with Crippen molar-refractivity contribution >= 4 is 11.7 Å². The van der Waals surface area contributed by atoms with E-state index >= 15 is 0 Å². The first-order valence-electron chi connectivity index (χ1n) is 4.75. The number of nitrogens with two attached hydrogens (primary N) is 1. The van der Waals surface area contributed by atoms with E-state index in [1.807, 2.05) is 20.8 Å². The third kappa shape index (κ3) is 1.38. The molecule has 0 amide bonds. The molecule has 0 radical (unpaired) electrons. The minimum atomic E-state index is -0.128. The van der Waals surface area contributed by atoms with Crippen LogP contribution in [0.15, 0.2) is 4.79 Å². The Morgan fingerprint density at radius 1 is 1.40 bits per heavy atom. The average Bonchev–Trinajstić information content (AvgIpc) is 2.45. The number of nitrogen functional groups attached to an aromatic ring is 1. The third-order valence-corrected chi connectivity index (χ3v) is 2.32. The number of hydrogen-bond donors (Lipinski definition) is 2. The average molecular weight is 207 g/mol. The van der Waals surface area contributed by atoms with Gasteiger partial charge in [-0.2, -0.15) is 9.50 Å². The molecule has 2 heterocycles. The summed E-state index contributed by atoms with van der Waals surface area (Å²) >= 11 is 0. The topological polar surface area (TPSA) is 89.1 Å². The molecule has 0 aromatic carbocycles. The normalized spacial score (nSPS) is 11.5. The summed E-state index contributed by atoms with van der Waals surface area (Å²) < 4.78 is 1.28. The van der Waals surface area contributed by atoms with Crippen molar-refractivity contribution in [3.8, 4) is 0 Å². The highest BCUT2D eigenvalue weighted by Gasteiger charge is 2.14. The fraction of sp³-hybridized carbons (Fsp3) is 0.444. The SMILES string of the molecule is Cc1nc2nc(N)[nH]n2c(=O)c1C(C)C. The first-order valence-corrected chi connectivity index (χ1v) is 4.75. The number of rotatable bonds is 1. The minimum absolute atomic E-state index is 0.128. The van der Waals surface area contributed by atoms with Crippen molar-refractivity contribution in [1.82, 2.24) is 19.6 Å². The maximum Gasteiger partial charge on any atom is 0.277 e. The van der Waals surface area contributed by atoms with Crippen molar-refractivity contribution in [3.05, 3.63) is 21.6 Å². The minimum Gasteiger partial charge on any atom is -0.368 e. The van der Waals surface area contributed by atoms with Crippen molar-refractivity contribution in [2.45, 2.75) is 26.7 Å². The van der Waals surface area contributed by atoms with Gasteiger partial charge in [-0.15, -0.1) is 0 Å². The highest BCUT2D eigenvalue weighted by Crippen LogP contribution is 2.13. The fourth-order valence-corrected chi connectivity index (χ4v) is 1.71. The predicted molar refractivity (Wildman–Crippen MR) is 56.8 cm³/mol. The molecule has 0 fully saturated rings. The Labute approximate surface area is 86.1 Å². The lowest BCUT2D eigenvalue weighted by atomic mass is 10.0. The monoisotopic (exact) mass is 207 g/mol. The number of nitrogens with one attached hydrogen (secondary N) is 1. The molecule has 3 N–H and O–H groups in total. The Morgan fingerprint density at radius 2 is 2.07 bits per heavy atom. The molecule has 0 saturated heterocycles. The zero-order chi connectivity index (χ0) is 11.2. The van der Waals surface area contributed by atoms with Crippen molar-refractivity contribution in [2.75, 3.05) is 5.73 Å². The van der Waals surface area contributed by atoms with Crippen LogP contribution in [0.25, 0.3) is 5.78 Å². The van der Waals surface area contributed by atoms with Crippen LogP contribution in [0.5, 0.6) is 0 Å². The van der Waals surface area contributed by atoms with E-state index in [1.54, 1.807) is 0 Å². The molecule has 0 aliphatic rings. The molecule has 0 aliphatic carbocycles. The van der Waals surface area contributed by atoms with Crippen molar-refractivity contribution < 1.29 is 0 Å². The lowest BCUT2D eigenvalue weighted by Gasteiger charge is -2.06. The summed E-state index contributed by atoms with van der Waals surface area (Å²) in [6.07, 6.45) is 0.